The molecule has 7 nitrogen and oxygen atoms in total. The molecule has 2 atom stereocenters. The molecule has 1 aliphatic heterocycles. The molecule has 1 fully saturated rings. The van der Waals surface area contributed by atoms with Gasteiger partial charge < -0.3 is 25.0 Å². The van der Waals surface area contributed by atoms with Crippen LogP contribution in [0, 0.1) is 0 Å². The molecule has 7 heteroatoms. The molecule has 0 bridgehead atoms. The van der Waals surface area contributed by atoms with E-state index in [1.54, 1.807) is 11.8 Å². The first-order chi connectivity index (χ1) is 9.02. The SMILES string of the molecule is CCOC(=O)NCCNC(=O)N1C[C@@H](C)O[C@@H](C)C1. The first kappa shape index (κ1) is 15.6. The van der Waals surface area contributed by atoms with Gasteiger partial charge in [-0.2, -0.15) is 0 Å². The molecule has 0 aromatic heterocycles. The molecule has 3 amide bonds. The second kappa shape index (κ2) is 7.83. The Morgan fingerprint density at radius 2 is 1.79 bits per heavy atom. The van der Waals surface area contributed by atoms with Gasteiger partial charge in [0.2, 0.25) is 0 Å². The van der Waals surface area contributed by atoms with Crippen molar-refractivity contribution in [2.24, 2.45) is 0 Å². The van der Waals surface area contributed by atoms with Crippen LogP contribution < -0.4 is 10.6 Å². The molecule has 1 saturated heterocycles. The van der Waals surface area contributed by atoms with Gasteiger partial charge in [0.25, 0.3) is 0 Å². The zero-order chi connectivity index (χ0) is 14.3. The Hall–Kier alpha value is -1.50. The molecule has 0 aliphatic carbocycles. The van der Waals surface area contributed by atoms with Crippen molar-refractivity contribution < 1.29 is 19.1 Å². The lowest BCUT2D eigenvalue weighted by Gasteiger charge is -2.35. The molecule has 1 rings (SSSR count). The Morgan fingerprint density at radius 3 is 2.37 bits per heavy atom. The van der Waals surface area contributed by atoms with E-state index in [9.17, 15) is 9.59 Å². The lowest BCUT2D eigenvalue weighted by Crippen LogP contribution is -2.52. The van der Waals surface area contributed by atoms with Gasteiger partial charge in [0.1, 0.15) is 0 Å². The van der Waals surface area contributed by atoms with Gasteiger partial charge in [-0.3, -0.25) is 0 Å². The van der Waals surface area contributed by atoms with Crippen molar-refractivity contribution in [3.63, 3.8) is 0 Å². The lowest BCUT2D eigenvalue weighted by atomic mass is 10.2. The number of carbonyl (C=O) groups is 2. The van der Waals surface area contributed by atoms with Crippen LogP contribution in [0.5, 0.6) is 0 Å². The Labute approximate surface area is 113 Å². The summed E-state index contributed by atoms with van der Waals surface area (Å²) in [6.07, 6.45) is -0.371. The highest BCUT2D eigenvalue weighted by Gasteiger charge is 2.25. The predicted octanol–water partition coefficient (Wildman–Crippen LogP) is 0.551. The van der Waals surface area contributed by atoms with Gasteiger partial charge in [-0.25, -0.2) is 9.59 Å². The first-order valence-corrected chi connectivity index (χ1v) is 6.61. The van der Waals surface area contributed by atoms with E-state index in [-0.39, 0.29) is 18.2 Å². The van der Waals surface area contributed by atoms with Gasteiger partial charge in [0.15, 0.2) is 0 Å². The minimum absolute atomic E-state index is 0.0483. The van der Waals surface area contributed by atoms with Gasteiger partial charge in [-0.15, -0.1) is 0 Å². The van der Waals surface area contributed by atoms with Crippen molar-refractivity contribution in [1.29, 1.82) is 0 Å². The number of nitrogens with one attached hydrogen (secondary N) is 2. The third-order valence-electron chi connectivity index (χ3n) is 2.65. The average molecular weight is 273 g/mol. The largest absolute Gasteiger partial charge is 0.450 e. The fourth-order valence-corrected chi connectivity index (χ4v) is 1.97. The zero-order valence-corrected chi connectivity index (χ0v) is 11.8. The van der Waals surface area contributed by atoms with Gasteiger partial charge in [0, 0.05) is 26.2 Å². The number of morpholine rings is 1. The fourth-order valence-electron chi connectivity index (χ4n) is 1.97. The normalized spacial score (nSPS) is 22.8. The molecule has 0 radical (unpaired) electrons. The van der Waals surface area contributed by atoms with Crippen LogP contribution in [0.25, 0.3) is 0 Å². The van der Waals surface area contributed by atoms with Crippen molar-refractivity contribution in [2.45, 2.75) is 33.0 Å². The number of alkyl carbamates (subject to hydrolysis) is 1. The van der Waals surface area contributed by atoms with Crippen LogP contribution in [0.4, 0.5) is 9.59 Å². The van der Waals surface area contributed by atoms with E-state index in [4.69, 9.17) is 9.47 Å². The summed E-state index contributed by atoms with van der Waals surface area (Å²) < 4.78 is 10.3. The molecule has 2 N–H and O–H groups in total. The van der Waals surface area contributed by atoms with Crippen molar-refractivity contribution in [2.75, 3.05) is 32.8 Å². The van der Waals surface area contributed by atoms with Gasteiger partial charge in [0.05, 0.1) is 18.8 Å². The highest BCUT2D eigenvalue weighted by atomic mass is 16.5. The van der Waals surface area contributed by atoms with Crippen molar-refractivity contribution >= 4 is 12.1 Å². The summed E-state index contributed by atoms with van der Waals surface area (Å²) in [5, 5.41) is 5.29. The predicted molar refractivity (Wildman–Crippen MR) is 70.0 cm³/mol. The van der Waals surface area contributed by atoms with Crippen molar-refractivity contribution in [3.8, 4) is 0 Å². The Kier molecular flexibility index (Phi) is 6.41. The molecule has 1 heterocycles. The maximum Gasteiger partial charge on any atom is 0.407 e. The summed E-state index contributed by atoms with van der Waals surface area (Å²) in [6.45, 7) is 7.85. The standard InChI is InChI=1S/C12H23N3O4/c1-4-18-12(17)14-6-5-13-11(16)15-7-9(2)19-10(3)8-15/h9-10H,4-8H2,1-3H3,(H,13,16)(H,14,17)/t9-,10+. The molecule has 0 saturated carbocycles. The third-order valence-corrected chi connectivity index (χ3v) is 2.65. The molecule has 0 aromatic carbocycles. The number of hydrogen-bond donors (Lipinski definition) is 2. The minimum atomic E-state index is -0.467. The van der Waals surface area contributed by atoms with Gasteiger partial charge >= 0.3 is 12.1 Å². The monoisotopic (exact) mass is 273 g/mol. The number of rotatable bonds is 4. The first-order valence-electron chi connectivity index (χ1n) is 6.61. The quantitative estimate of drug-likeness (QED) is 0.733. The van der Waals surface area contributed by atoms with Crippen LogP contribution in [0.1, 0.15) is 20.8 Å². The number of amides is 3. The molecule has 1 aliphatic rings. The summed E-state index contributed by atoms with van der Waals surface area (Å²) in [7, 11) is 0. The molecular formula is C12H23N3O4. The van der Waals surface area contributed by atoms with E-state index in [2.05, 4.69) is 10.6 Å². The molecule has 19 heavy (non-hydrogen) atoms. The van der Waals surface area contributed by atoms with Crippen LogP contribution in [0.15, 0.2) is 0 Å². The molecule has 110 valence electrons. The van der Waals surface area contributed by atoms with Crippen LogP contribution in [0.2, 0.25) is 0 Å². The summed E-state index contributed by atoms with van der Waals surface area (Å²) in [4.78, 5) is 24.6. The van der Waals surface area contributed by atoms with Crippen LogP contribution in [-0.2, 0) is 9.47 Å². The van der Waals surface area contributed by atoms with Crippen LogP contribution in [-0.4, -0.2) is 62.0 Å². The smallest absolute Gasteiger partial charge is 0.407 e. The number of nitrogens with zero attached hydrogens (tertiary/aromatic N) is 1. The second-order valence-electron chi connectivity index (χ2n) is 4.54. The van der Waals surface area contributed by atoms with E-state index >= 15 is 0 Å². The summed E-state index contributed by atoms with van der Waals surface area (Å²) >= 11 is 0. The van der Waals surface area contributed by atoms with E-state index in [1.165, 1.54) is 0 Å². The number of urea groups is 1. The topological polar surface area (TPSA) is 79.9 Å². The zero-order valence-electron chi connectivity index (χ0n) is 11.8. The highest BCUT2D eigenvalue weighted by molar-refractivity contribution is 5.74. The van der Waals surface area contributed by atoms with Crippen molar-refractivity contribution in [3.05, 3.63) is 0 Å². The number of ether oxygens (including phenoxy) is 2. The van der Waals surface area contributed by atoms with Crippen LogP contribution >= 0.6 is 0 Å². The summed E-state index contributed by atoms with van der Waals surface area (Å²) in [6, 6.07) is -0.132. The molecular weight excluding hydrogens is 250 g/mol. The lowest BCUT2D eigenvalue weighted by molar-refractivity contribution is -0.0544. The fraction of sp³-hybridized carbons (Fsp3) is 0.833. The maximum absolute atomic E-state index is 11.9. The second-order valence-corrected chi connectivity index (χ2v) is 4.54. The molecule has 0 aromatic rings. The average Bonchev–Trinajstić information content (AvgIpc) is 2.33. The van der Waals surface area contributed by atoms with Gasteiger partial charge in [-0.05, 0) is 20.8 Å². The van der Waals surface area contributed by atoms with E-state index in [0.717, 1.165) is 0 Å². The number of hydrogen-bond acceptors (Lipinski definition) is 4. The van der Waals surface area contributed by atoms with Crippen molar-refractivity contribution in [1.82, 2.24) is 15.5 Å². The Morgan fingerprint density at radius 1 is 1.21 bits per heavy atom. The Balaban J connectivity index is 2.18. The number of carbonyl (C=O) groups excluding carboxylic acids is 2. The highest BCUT2D eigenvalue weighted by Crippen LogP contribution is 2.10. The van der Waals surface area contributed by atoms with Crippen LogP contribution in [0.3, 0.4) is 0 Å². The molecule has 0 unspecified atom stereocenters. The summed E-state index contributed by atoms with van der Waals surface area (Å²) in [5.41, 5.74) is 0. The van der Waals surface area contributed by atoms with E-state index < -0.39 is 6.09 Å². The van der Waals surface area contributed by atoms with E-state index in [1.807, 2.05) is 13.8 Å². The van der Waals surface area contributed by atoms with E-state index in [0.29, 0.717) is 32.8 Å². The van der Waals surface area contributed by atoms with Gasteiger partial charge in [-0.1, -0.05) is 0 Å². The minimum Gasteiger partial charge on any atom is -0.450 e. The summed E-state index contributed by atoms with van der Waals surface area (Å²) in [5.74, 6) is 0. The third kappa shape index (κ3) is 5.78. The maximum atomic E-state index is 11.9. The Bertz CT molecular complexity index is 301. The molecule has 0 spiro atoms.